The summed E-state index contributed by atoms with van der Waals surface area (Å²) in [6.07, 6.45) is 5.54. The van der Waals surface area contributed by atoms with Gasteiger partial charge in [-0.3, -0.25) is 0 Å². The van der Waals surface area contributed by atoms with Crippen molar-refractivity contribution >= 4 is 0 Å². The fourth-order valence-electron chi connectivity index (χ4n) is 2.50. The van der Waals surface area contributed by atoms with Crippen molar-refractivity contribution in [3.8, 4) is 0 Å². The maximum absolute atomic E-state index is 3.56. The largest absolute Gasteiger partial charge is 0.314 e. The average molecular weight is 197 g/mol. The van der Waals surface area contributed by atoms with Crippen LogP contribution in [0.25, 0.3) is 0 Å². The highest BCUT2D eigenvalue weighted by Gasteiger charge is 2.14. The van der Waals surface area contributed by atoms with E-state index in [-0.39, 0.29) is 0 Å². The smallest absolute Gasteiger partial charge is 0.0107 e. The molecule has 82 valence electrons. The zero-order chi connectivity index (χ0) is 9.64. The van der Waals surface area contributed by atoms with Crippen molar-refractivity contribution in [2.24, 2.45) is 0 Å². The van der Waals surface area contributed by atoms with Gasteiger partial charge >= 0.3 is 0 Å². The Morgan fingerprint density at radius 2 is 2.00 bits per heavy atom. The Hall–Kier alpha value is -0.120. The van der Waals surface area contributed by atoms with E-state index in [1.807, 2.05) is 0 Å². The van der Waals surface area contributed by atoms with Crippen LogP contribution in [-0.2, 0) is 0 Å². The fourth-order valence-corrected chi connectivity index (χ4v) is 2.50. The first kappa shape index (κ1) is 10.4. The molecule has 0 spiro atoms. The highest BCUT2D eigenvalue weighted by molar-refractivity contribution is 4.75. The van der Waals surface area contributed by atoms with Crippen molar-refractivity contribution in [3.05, 3.63) is 0 Å². The molecule has 3 heteroatoms. The molecule has 2 aliphatic heterocycles. The summed E-state index contributed by atoms with van der Waals surface area (Å²) >= 11 is 0. The maximum atomic E-state index is 3.56. The number of hydrogen-bond acceptors (Lipinski definition) is 3. The molecule has 1 atom stereocenters. The molecular formula is C11H23N3. The lowest BCUT2D eigenvalue weighted by atomic mass is 10.1. The Morgan fingerprint density at radius 3 is 2.71 bits per heavy atom. The molecule has 0 bridgehead atoms. The zero-order valence-electron chi connectivity index (χ0n) is 9.10. The molecule has 1 unspecified atom stereocenters. The molecule has 2 N–H and O–H groups in total. The maximum Gasteiger partial charge on any atom is 0.0107 e. The lowest BCUT2D eigenvalue weighted by molar-refractivity contribution is 0.234. The topological polar surface area (TPSA) is 27.3 Å². The minimum Gasteiger partial charge on any atom is -0.314 e. The average Bonchev–Trinajstić information content (AvgIpc) is 2.72. The molecular weight excluding hydrogens is 174 g/mol. The van der Waals surface area contributed by atoms with Gasteiger partial charge in [0, 0.05) is 32.2 Å². The van der Waals surface area contributed by atoms with Crippen LogP contribution in [0.2, 0.25) is 0 Å². The van der Waals surface area contributed by atoms with Gasteiger partial charge in [0.25, 0.3) is 0 Å². The van der Waals surface area contributed by atoms with Gasteiger partial charge in [-0.1, -0.05) is 0 Å². The molecule has 2 heterocycles. The van der Waals surface area contributed by atoms with Crippen LogP contribution in [0.5, 0.6) is 0 Å². The molecule has 14 heavy (non-hydrogen) atoms. The molecule has 2 fully saturated rings. The first-order valence-electron chi connectivity index (χ1n) is 6.11. The standard InChI is InChI=1S/C11H23N3/c1-3-11(13-5-1)4-2-8-14-9-6-12-7-10-14/h11-13H,1-10H2. The molecule has 0 aromatic carbocycles. The van der Waals surface area contributed by atoms with Crippen molar-refractivity contribution in [1.29, 1.82) is 0 Å². The summed E-state index contributed by atoms with van der Waals surface area (Å²) in [4.78, 5) is 2.59. The van der Waals surface area contributed by atoms with E-state index >= 15 is 0 Å². The van der Waals surface area contributed by atoms with E-state index in [0.29, 0.717) is 0 Å². The Morgan fingerprint density at radius 1 is 1.14 bits per heavy atom. The Bertz CT molecular complexity index is 149. The highest BCUT2D eigenvalue weighted by atomic mass is 15.2. The van der Waals surface area contributed by atoms with Gasteiger partial charge in [-0.25, -0.2) is 0 Å². The van der Waals surface area contributed by atoms with E-state index in [1.54, 1.807) is 0 Å². The molecule has 2 saturated heterocycles. The van der Waals surface area contributed by atoms with Gasteiger partial charge in [-0.15, -0.1) is 0 Å². The van der Waals surface area contributed by atoms with Crippen LogP contribution >= 0.6 is 0 Å². The van der Waals surface area contributed by atoms with E-state index in [4.69, 9.17) is 0 Å². The van der Waals surface area contributed by atoms with Gasteiger partial charge in [0.05, 0.1) is 0 Å². The van der Waals surface area contributed by atoms with Crippen LogP contribution in [-0.4, -0.2) is 50.2 Å². The molecule has 3 nitrogen and oxygen atoms in total. The van der Waals surface area contributed by atoms with Crippen LogP contribution in [0, 0.1) is 0 Å². The SMILES string of the molecule is C1CNC(CCCN2CCNCC2)C1. The summed E-state index contributed by atoms with van der Waals surface area (Å²) in [5, 5.41) is 6.96. The molecule has 0 amide bonds. The third kappa shape index (κ3) is 3.23. The molecule has 0 aliphatic carbocycles. The van der Waals surface area contributed by atoms with Gasteiger partial charge in [-0.2, -0.15) is 0 Å². The monoisotopic (exact) mass is 197 g/mol. The Labute approximate surface area is 87.2 Å². The number of piperazine rings is 1. The molecule has 0 saturated carbocycles. The number of rotatable bonds is 4. The molecule has 0 radical (unpaired) electrons. The highest BCUT2D eigenvalue weighted by Crippen LogP contribution is 2.11. The molecule has 0 aromatic rings. The normalized spacial score (nSPS) is 29.6. The Balaban J connectivity index is 1.52. The van der Waals surface area contributed by atoms with Gasteiger partial charge in [0.2, 0.25) is 0 Å². The Kier molecular flexibility index (Phi) is 4.22. The third-order valence-corrected chi connectivity index (χ3v) is 3.40. The van der Waals surface area contributed by atoms with Gasteiger partial charge in [-0.05, 0) is 38.8 Å². The fraction of sp³-hybridized carbons (Fsp3) is 1.00. The second-order valence-corrected chi connectivity index (χ2v) is 4.53. The quantitative estimate of drug-likeness (QED) is 0.684. The summed E-state index contributed by atoms with van der Waals surface area (Å²) in [7, 11) is 0. The van der Waals surface area contributed by atoms with Crippen molar-refractivity contribution in [2.75, 3.05) is 39.3 Å². The van der Waals surface area contributed by atoms with Crippen LogP contribution in [0.15, 0.2) is 0 Å². The molecule has 0 aromatic heterocycles. The van der Waals surface area contributed by atoms with Crippen LogP contribution in [0.4, 0.5) is 0 Å². The number of hydrogen-bond donors (Lipinski definition) is 2. The lowest BCUT2D eigenvalue weighted by Crippen LogP contribution is -2.43. The number of nitrogens with one attached hydrogen (secondary N) is 2. The zero-order valence-corrected chi connectivity index (χ0v) is 9.10. The van der Waals surface area contributed by atoms with Crippen molar-refractivity contribution in [1.82, 2.24) is 15.5 Å². The van der Waals surface area contributed by atoms with E-state index in [9.17, 15) is 0 Å². The van der Waals surface area contributed by atoms with Crippen LogP contribution in [0.1, 0.15) is 25.7 Å². The summed E-state index contributed by atoms with van der Waals surface area (Å²) in [5.74, 6) is 0. The molecule has 2 aliphatic rings. The van der Waals surface area contributed by atoms with E-state index in [2.05, 4.69) is 15.5 Å². The second kappa shape index (κ2) is 5.69. The summed E-state index contributed by atoms with van der Waals surface area (Å²) in [6, 6.07) is 0.831. The summed E-state index contributed by atoms with van der Waals surface area (Å²) in [5.41, 5.74) is 0. The van der Waals surface area contributed by atoms with Crippen LogP contribution in [0.3, 0.4) is 0 Å². The van der Waals surface area contributed by atoms with Crippen molar-refractivity contribution in [2.45, 2.75) is 31.7 Å². The van der Waals surface area contributed by atoms with Gasteiger partial charge in [0.15, 0.2) is 0 Å². The predicted molar refractivity (Wildman–Crippen MR) is 59.6 cm³/mol. The number of nitrogens with zero attached hydrogens (tertiary/aromatic N) is 1. The van der Waals surface area contributed by atoms with Gasteiger partial charge < -0.3 is 15.5 Å². The minimum atomic E-state index is 0.831. The van der Waals surface area contributed by atoms with E-state index in [0.717, 1.165) is 6.04 Å². The summed E-state index contributed by atoms with van der Waals surface area (Å²) < 4.78 is 0. The van der Waals surface area contributed by atoms with Crippen molar-refractivity contribution < 1.29 is 0 Å². The van der Waals surface area contributed by atoms with Gasteiger partial charge in [0.1, 0.15) is 0 Å². The van der Waals surface area contributed by atoms with E-state index in [1.165, 1.54) is 65.0 Å². The van der Waals surface area contributed by atoms with E-state index < -0.39 is 0 Å². The molecule has 2 rings (SSSR count). The lowest BCUT2D eigenvalue weighted by Gasteiger charge is -2.27. The van der Waals surface area contributed by atoms with Crippen LogP contribution < -0.4 is 10.6 Å². The predicted octanol–water partition coefficient (Wildman–Crippen LogP) is 0.424. The first-order chi connectivity index (χ1) is 6.95. The second-order valence-electron chi connectivity index (χ2n) is 4.53. The summed E-state index contributed by atoms with van der Waals surface area (Å²) in [6.45, 7) is 7.41. The minimum absolute atomic E-state index is 0.831. The third-order valence-electron chi connectivity index (χ3n) is 3.40. The first-order valence-corrected chi connectivity index (χ1v) is 6.11. The van der Waals surface area contributed by atoms with Crippen molar-refractivity contribution in [3.63, 3.8) is 0 Å².